The van der Waals surface area contributed by atoms with Gasteiger partial charge in [-0.1, -0.05) is 41.6 Å². The predicted molar refractivity (Wildman–Crippen MR) is 108 cm³/mol. The summed E-state index contributed by atoms with van der Waals surface area (Å²) in [5.41, 5.74) is 1.13. The van der Waals surface area contributed by atoms with E-state index in [1.54, 1.807) is 12.3 Å². The normalized spacial score (nSPS) is 11.4. The Morgan fingerprint density at radius 2 is 1.89 bits per heavy atom. The summed E-state index contributed by atoms with van der Waals surface area (Å²) in [6.07, 6.45) is 1.70. The minimum absolute atomic E-state index is 0.0689. The van der Waals surface area contributed by atoms with Crippen molar-refractivity contribution in [1.29, 1.82) is 0 Å². The quantitative estimate of drug-likeness (QED) is 0.654. The number of hydrogen-bond acceptors (Lipinski definition) is 5. The fraction of sp³-hybridized carbons (Fsp3) is 0.263. The van der Waals surface area contributed by atoms with Gasteiger partial charge in [0.2, 0.25) is 5.91 Å². The molecule has 0 bridgehead atoms. The fourth-order valence-corrected chi connectivity index (χ4v) is 3.42. The van der Waals surface area contributed by atoms with Gasteiger partial charge < -0.3 is 5.32 Å². The number of benzene rings is 1. The van der Waals surface area contributed by atoms with Crippen LogP contribution in [0.25, 0.3) is 17.2 Å². The molecule has 0 aliphatic carbocycles. The number of halogens is 1. The van der Waals surface area contributed by atoms with Crippen molar-refractivity contribution in [2.75, 3.05) is 5.75 Å². The molecule has 0 radical (unpaired) electrons. The van der Waals surface area contributed by atoms with Crippen molar-refractivity contribution >= 4 is 29.3 Å². The summed E-state index contributed by atoms with van der Waals surface area (Å²) in [6.45, 7) is 5.84. The first-order chi connectivity index (χ1) is 12.8. The Bertz CT molecular complexity index is 937. The van der Waals surface area contributed by atoms with Gasteiger partial charge in [0.15, 0.2) is 11.0 Å². The molecule has 2 heterocycles. The molecule has 0 aliphatic rings. The highest BCUT2D eigenvalue weighted by molar-refractivity contribution is 7.99. The lowest BCUT2D eigenvalue weighted by Gasteiger charge is -2.20. The third-order valence-electron chi connectivity index (χ3n) is 3.47. The second kappa shape index (κ2) is 8.10. The SMILES string of the molecule is CC(C)(C)NC(=O)CSc1nnc(-c2ccccn2)n1-c1ccccc1Cl. The van der Waals surface area contributed by atoms with Crippen LogP contribution >= 0.6 is 23.4 Å². The first-order valence-electron chi connectivity index (χ1n) is 8.41. The van der Waals surface area contributed by atoms with E-state index in [2.05, 4.69) is 20.5 Å². The van der Waals surface area contributed by atoms with Gasteiger partial charge >= 0.3 is 0 Å². The van der Waals surface area contributed by atoms with Gasteiger partial charge in [-0.25, -0.2) is 0 Å². The van der Waals surface area contributed by atoms with Crippen LogP contribution in [-0.2, 0) is 4.79 Å². The Labute approximate surface area is 167 Å². The largest absolute Gasteiger partial charge is 0.351 e. The van der Waals surface area contributed by atoms with Crippen LogP contribution in [0, 0.1) is 0 Å². The summed E-state index contributed by atoms with van der Waals surface area (Å²) in [7, 11) is 0. The highest BCUT2D eigenvalue weighted by atomic mass is 35.5. The molecule has 1 aromatic carbocycles. The lowest BCUT2D eigenvalue weighted by molar-refractivity contribution is -0.119. The van der Waals surface area contributed by atoms with E-state index in [0.717, 1.165) is 5.69 Å². The van der Waals surface area contributed by atoms with Crippen molar-refractivity contribution in [2.45, 2.75) is 31.5 Å². The molecule has 6 nitrogen and oxygen atoms in total. The number of para-hydroxylation sites is 1. The summed E-state index contributed by atoms with van der Waals surface area (Å²) < 4.78 is 1.83. The van der Waals surface area contributed by atoms with Gasteiger partial charge in [0.25, 0.3) is 0 Å². The van der Waals surface area contributed by atoms with Crippen LogP contribution in [0.5, 0.6) is 0 Å². The van der Waals surface area contributed by atoms with Crippen LogP contribution in [0.2, 0.25) is 5.02 Å². The molecule has 0 spiro atoms. The summed E-state index contributed by atoms with van der Waals surface area (Å²) in [4.78, 5) is 16.6. The summed E-state index contributed by atoms with van der Waals surface area (Å²) in [5, 5.41) is 12.7. The number of nitrogens with one attached hydrogen (secondary N) is 1. The Morgan fingerprint density at radius 3 is 2.56 bits per heavy atom. The summed E-state index contributed by atoms with van der Waals surface area (Å²) in [6, 6.07) is 13.0. The van der Waals surface area contributed by atoms with Gasteiger partial charge in [-0.2, -0.15) is 0 Å². The van der Waals surface area contributed by atoms with Gasteiger partial charge in [-0.05, 0) is 45.0 Å². The number of hydrogen-bond donors (Lipinski definition) is 1. The van der Waals surface area contributed by atoms with E-state index >= 15 is 0 Å². The van der Waals surface area contributed by atoms with Crippen molar-refractivity contribution in [3.63, 3.8) is 0 Å². The molecule has 1 amide bonds. The standard InChI is InChI=1S/C19H20ClN5OS/c1-19(2,3)22-16(26)12-27-18-24-23-17(14-9-6-7-11-21-14)25(18)15-10-5-4-8-13(15)20/h4-11H,12H2,1-3H3,(H,22,26). The molecule has 3 rings (SSSR count). The number of carbonyl (C=O) groups excluding carboxylic acids is 1. The third kappa shape index (κ3) is 4.87. The first-order valence-corrected chi connectivity index (χ1v) is 9.77. The van der Waals surface area contributed by atoms with Crippen LogP contribution in [0.15, 0.2) is 53.8 Å². The molecule has 0 saturated carbocycles. The number of rotatable bonds is 5. The molecule has 140 valence electrons. The van der Waals surface area contributed by atoms with Gasteiger partial charge in [0, 0.05) is 11.7 Å². The number of carbonyl (C=O) groups is 1. The van der Waals surface area contributed by atoms with Crippen LogP contribution < -0.4 is 5.32 Å². The van der Waals surface area contributed by atoms with E-state index in [0.29, 0.717) is 21.7 Å². The zero-order valence-electron chi connectivity index (χ0n) is 15.3. The predicted octanol–water partition coefficient (Wildman–Crippen LogP) is 3.99. The van der Waals surface area contributed by atoms with E-state index in [1.807, 2.05) is 61.7 Å². The number of amides is 1. The highest BCUT2D eigenvalue weighted by Crippen LogP contribution is 2.30. The minimum Gasteiger partial charge on any atom is -0.351 e. The Balaban J connectivity index is 1.96. The molecule has 0 saturated heterocycles. The number of aromatic nitrogens is 4. The maximum Gasteiger partial charge on any atom is 0.230 e. The molecular weight excluding hydrogens is 382 g/mol. The fourth-order valence-electron chi connectivity index (χ4n) is 2.46. The van der Waals surface area contributed by atoms with Crippen LogP contribution in [0.1, 0.15) is 20.8 Å². The molecule has 27 heavy (non-hydrogen) atoms. The molecule has 0 atom stereocenters. The zero-order valence-corrected chi connectivity index (χ0v) is 16.9. The second-order valence-corrected chi connectivity index (χ2v) is 8.24. The topological polar surface area (TPSA) is 72.7 Å². The maximum absolute atomic E-state index is 12.2. The van der Waals surface area contributed by atoms with E-state index < -0.39 is 0 Å². The van der Waals surface area contributed by atoms with E-state index in [4.69, 9.17) is 11.6 Å². The maximum atomic E-state index is 12.2. The number of thioether (sulfide) groups is 1. The molecular formula is C19H20ClN5OS. The van der Waals surface area contributed by atoms with Crippen molar-refractivity contribution in [1.82, 2.24) is 25.1 Å². The van der Waals surface area contributed by atoms with Crippen LogP contribution in [-0.4, -0.2) is 36.9 Å². The average Bonchev–Trinajstić information content (AvgIpc) is 3.03. The second-order valence-electron chi connectivity index (χ2n) is 6.89. The molecule has 0 aliphatic heterocycles. The van der Waals surface area contributed by atoms with Crippen LogP contribution in [0.4, 0.5) is 0 Å². The van der Waals surface area contributed by atoms with Gasteiger partial charge in [0.05, 0.1) is 16.5 Å². The molecule has 3 aromatic rings. The Morgan fingerprint density at radius 1 is 1.15 bits per heavy atom. The Kier molecular flexibility index (Phi) is 5.82. The third-order valence-corrected chi connectivity index (χ3v) is 4.72. The Hall–Kier alpha value is -2.38. The smallest absolute Gasteiger partial charge is 0.230 e. The van der Waals surface area contributed by atoms with E-state index in [9.17, 15) is 4.79 Å². The molecule has 2 aromatic heterocycles. The summed E-state index contributed by atoms with van der Waals surface area (Å²) in [5.74, 6) is 0.727. The van der Waals surface area contributed by atoms with Gasteiger partial charge in [-0.3, -0.25) is 14.3 Å². The highest BCUT2D eigenvalue weighted by Gasteiger charge is 2.20. The van der Waals surface area contributed by atoms with Crippen LogP contribution in [0.3, 0.4) is 0 Å². The number of nitrogens with zero attached hydrogens (tertiary/aromatic N) is 4. The zero-order chi connectivity index (χ0) is 19.4. The molecule has 0 unspecified atom stereocenters. The lowest BCUT2D eigenvalue weighted by atomic mass is 10.1. The van der Waals surface area contributed by atoms with Gasteiger partial charge in [-0.15, -0.1) is 10.2 Å². The van der Waals surface area contributed by atoms with Gasteiger partial charge in [0.1, 0.15) is 5.69 Å². The monoisotopic (exact) mass is 401 g/mol. The average molecular weight is 402 g/mol. The van der Waals surface area contributed by atoms with Crippen molar-refractivity contribution in [3.8, 4) is 17.2 Å². The minimum atomic E-state index is -0.285. The first kappa shape index (κ1) is 19.4. The summed E-state index contributed by atoms with van der Waals surface area (Å²) >= 11 is 7.72. The van der Waals surface area contributed by atoms with Crippen molar-refractivity contribution in [2.24, 2.45) is 0 Å². The van der Waals surface area contributed by atoms with E-state index in [1.165, 1.54) is 11.8 Å². The van der Waals surface area contributed by atoms with E-state index in [-0.39, 0.29) is 17.2 Å². The molecule has 1 N–H and O–H groups in total. The van der Waals surface area contributed by atoms with Crippen molar-refractivity contribution in [3.05, 3.63) is 53.7 Å². The van der Waals surface area contributed by atoms with Crippen molar-refractivity contribution < 1.29 is 4.79 Å². The number of pyridine rings is 1. The molecule has 0 fully saturated rings. The lowest BCUT2D eigenvalue weighted by Crippen LogP contribution is -2.41. The molecule has 8 heteroatoms.